The molecule has 1 heterocycles. The van der Waals surface area contributed by atoms with Crippen molar-refractivity contribution in [2.75, 3.05) is 0 Å². The third-order valence-electron chi connectivity index (χ3n) is 3.74. The van der Waals surface area contributed by atoms with Crippen LogP contribution < -0.4 is 0 Å². The first-order chi connectivity index (χ1) is 11.1. The number of aromatic nitrogens is 1. The lowest BCUT2D eigenvalue weighted by molar-refractivity contribution is 0.0993. The molecule has 0 aliphatic rings. The molecular weight excluding hydrogens is 306 g/mol. The van der Waals surface area contributed by atoms with Gasteiger partial charge in [-0.2, -0.15) is 0 Å². The predicted molar refractivity (Wildman–Crippen MR) is 93.9 cm³/mol. The van der Waals surface area contributed by atoms with Crippen LogP contribution in [0.3, 0.4) is 0 Å². The van der Waals surface area contributed by atoms with E-state index in [1.165, 1.54) is 0 Å². The number of pyridine rings is 1. The number of carbonyl (C=O) groups excluding carboxylic acids is 1. The van der Waals surface area contributed by atoms with Crippen molar-refractivity contribution in [2.24, 2.45) is 0 Å². The minimum absolute atomic E-state index is 0.0875. The monoisotopic (exact) mass is 321 g/mol. The zero-order chi connectivity index (χ0) is 16.2. The van der Waals surface area contributed by atoms with Crippen molar-refractivity contribution >= 4 is 17.4 Å². The molecule has 0 radical (unpaired) electrons. The first-order valence-electron chi connectivity index (χ1n) is 7.43. The van der Waals surface area contributed by atoms with Gasteiger partial charge in [-0.1, -0.05) is 53.6 Å². The highest BCUT2D eigenvalue weighted by atomic mass is 35.5. The lowest BCUT2D eigenvalue weighted by atomic mass is 9.96. The Hall–Kier alpha value is -2.45. The average Bonchev–Trinajstić information content (AvgIpc) is 2.58. The van der Waals surface area contributed by atoms with Crippen molar-refractivity contribution in [3.8, 4) is 11.3 Å². The van der Waals surface area contributed by atoms with Gasteiger partial charge in [0.25, 0.3) is 0 Å². The van der Waals surface area contributed by atoms with E-state index in [1.807, 2.05) is 67.6 Å². The fraction of sp³-hybridized carbons (Fsp3) is 0.100. The molecule has 0 unspecified atom stereocenters. The maximum Gasteiger partial charge on any atom is 0.167 e. The minimum atomic E-state index is 0.0875. The summed E-state index contributed by atoms with van der Waals surface area (Å²) in [5.41, 5.74) is 4.51. The Kier molecular flexibility index (Phi) is 4.54. The SMILES string of the molecule is Cc1ccc(C(=O)Cc2ccc(Cl)cc2-c2ccccn2)cc1. The molecule has 2 aromatic carbocycles. The zero-order valence-electron chi connectivity index (χ0n) is 12.8. The first kappa shape index (κ1) is 15.4. The Morgan fingerprint density at radius 1 is 1.04 bits per heavy atom. The van der Waals surface area contributed by atoms with Crippen molar-refractivity contribution in [1.82, 2.24) is 4.98 Å². The summed E-state index contributed by atoms with van der Waals surface area (Å²) in [7, 11) is 0. The quantitative estimate of drug-likeness (QED) is 0.623. The number of hydrogen-bond donors (Lipinski definition) is 0. The molecule has 114 valence electrons. The molecule has 0 saturated carbocycles. The topological polar surface area (TPSA) is 30.0 Å². The van der Waals surface area contributed by atoms with Crippen molar-refractivity contribution in [3.05, 3.63) is 88.6 Å². The van der Waals surface area contributed by atoms with Crippen LogP contribution >= 0.6 is 11.6 Å². The molecule has 23 heavy (non-hydrogen) atoms. The number of rotatable bonds is 4. The number of carbonyl (C=O) groups is 1. The fourth-order valence-electron chi connectivity index (χ4n) is 2.48. The Morgan fingerprint density at radius 2 is 1.83 bits per heavy atom. The molecule has 0 aliphatic carbocycles. The third-order valence-corrected chi connectivity index (χ3v) is 3.97. The number of benzene rings is 2. The third kappa shape index (κ3) is 3.66. The van der Waals surface area contributed by atoms with Crippen LogP contribution in [0.5, 0.6) is 0 Å². The van der Waals surface area contributed by atoms with E-state index in [4.69, 9.17) is 11.6 Å². The lowest BCUT2D eigenvalue weighted by Crippen LogP contribution is -2.05. The van der Waals surface area contributed by atoms with Gasteiger partial charge in [-0.05, 0) is 36.8 Å². The highest BCUT2D eigenvalue weighted by Gasteiger charge is 2.12. The van der Waals surface area contributed by atoms with Gasteiger partial charge < -0.3 is 0 Å². The van der Waals surface area contributed by atoms with Gasteiger partial charge in [0.1, 0.15) is 0 Å². The Labute approximate surface area is 140 Å². The van der Waals surface area contributed by atoms with Crippen LogP contribution in [0.4, 0.5) is 0 Å². The van der Waals surface area contributed by atoms with E-state index >= 15 is 0 Å². The summed E-state index contributed by atoms with van der Waals surface area (Å²) in [5.74, 6) is 0.0875. The molecule has 0 spiro atoms. The summed E-state index contributed by atoms with van der Waals surface area (Å²) < 4.78 is 0. The van der Waals surface area contributed by atoms with E-state index in [2.05, 4.69) is 4.98 Å². The molecular formula is C20H16ClNO. The standard InChI is InChI=1S/C20H16ClNO/c1-14-5-7-15(8-6-14)20(23)12-16-9-10-17(21)13-18(16)19-4-2-3-11-22-19/h2-11,13H,12H2,1H3. The van der Waals surface area contributed by atoms with E-state index in [1.54, 1.807) is 6.20 Å². The van der Waals surface area contributed by atoms with Gasteiger partial charge in [-0.25, -0.2) is 0 Å². The van der Waals surface area contributed by atoms with E-state index in [-0.39, 0.29) is 5.78 Å². The van der Waals surface area contributed by atoms with Crippen molar-refractivity contribution in [3.63, 3.8) is 0 Å². The Morgan fingerprint density at radius 3 is 2.52 bits per heavy atom. The number of Topliss-reactive ketones (excluding diaryl/α,β-unsaturated/α-hetero) is 1. The molecule has 0 fully saturated rings. The average molecular weight is 322 g/mol. The maximum absolute atomic E-state index is 12.5. The van der Waals surface area contributed by atoms with Gasteiger partial charge in [-0.15, -0.1) is 0 Å². The summed E-state index contributed by atoms with van der Waals surface area (Å²) in [6, 6.07) is 18.9. The summed E-state index contributed by atoms with van der Waals surface area (Å²) in [6.45, 7) is 2.01. The highest BCUT2D eigenvalue weighted by Crippen LogP contribution is 2.26. The van der Waals surface area contributed by atoms with Gasteiger partial charge in [0.05, 0.1) is 5.69 Å². The molecule has 2 nitrogen and oxygen atoms in total. The number of ketones is 1. The van der Waals surface area contributed by atoms with Crippen LogP contribution in [0.15, 0.2) is 66.9 Å². The van der Waals surface area contributed by atoms with Gasteiger partial charge in [0.15, 0.2) is 5.78 Å². The Balaban J connectivity index is 1.94. The second kappa shape index (κ2) is 6.76. The normalized spacial score (nSPS) is 10.5. The molecule has 0 atom stereocenters. The second-order valence-electron chi connectivity index (χ2n) is 5.48. The first-order valence-corrected chi connectivity index (χ1v) is 7.81. The number of nitrogens with zero attached hydrogens (tertiary/aromatic N) is 1. The fourth-order valence-corrected chi connectivity index (χ4v) is 2.65. The van der Waals surface area contributed by atoms with E-state index in [0.29, 0.717) is 11.4 Å². The van der Waals surface area contributed by atoms with Gasteiger partial charge >= 0.3 is 0 Å². The summed E-state index contributed by atoms with van der Waals surface area (Å²) in [5, 5.41) is 0.636. The molecule has 3 rings (SSSR count). The molecule has 0 N–H and O–H groups in total. The van der Waals surface area contributed by atoms with Crippen LogP contribution in [0.25, 0.3) is 11.3 Å². The molecule has 0 aliphatic heterocycles. The van der Waals surface area contributed by atoms with Gasteiger partial charge in [0, 0.05) is 28.8 Å². The van der Waals surface area contributed by atoms with E-state index in [0.717, 1.165) is 27.9 Å². The number of aryl methyl sites for hydroxylation is 1. The summed E-state index contributed by atoms with van der Waals surface area (Å²) in [6.07, 6.45) is 2.06. The van der Waals surface area contributed by atoms with E-state index < -0.39 is 0 Å². The number of halogens is 1. The van der Waals surface area contributed by atoms with Crippen LogP contribution in [0, 0.1) is 6.92 Å². The van der Waals surface area contributed by atoms with E-state index in [9.17, 15) is 4.79 Å². The predicted octanol–water partition coefficient (Wildman–Crippen LogP) is 5.14. The molecule has 3 heteroatoms. The van der Waals surface area contributed by atoms with Crippen molar-refractivity contribution in [2.45, 2.75) is 13.3 Å². The Bertz CT molecular complexity index is 826. The second-order valence-corrected chi connectivity index (χ2v) is 5.92. The number of hydrogen-bond acceptors (Lipinski definition) is 2. The summed E-state index contributed by atoms with van der Waals surface area (Å²) >= 11 is 6.12. The van der Waals surface area contributed by atoms with Gasteiger partial charge in [-0.3, -0.25) is 9.78 Å². The molecule has 0 amide bonds. The smallest absolute Gasteiger partial charge is 0.167 e. The van der Waals surface area contributed by atoms with Crippen LogP contribution in [0.2, 0.25) is 5.02 Å². The van der Waals surface area contributed by atoms with Crippen LogP contribution in [0.1, 0.15) is 21.5 Å². The van der Waals surface area contributed by atoms with Crippen LogP contribution in [-0.4, -0.2) is 10.8 Å². The molecule has 1 aromatic heterocycles. The molecule has 0 bridgehead atoms. The van der Waals surface area contributed by atoms with Crippen molar-refractivity contribution < 1.29 is 4.79 Å². The minimum Gasteiger partial charge on any atom is -0.294 e. The molecule has 3 aromatic rings. The highest BCUT2D eigenvalue weighted by molar-refractivity contribution is 6.30. The summed E-state index contributed by atoms with van der Waals surface area (Å²) in [4.78, 5) is 16.9. The maximum atomic E-state index is 12.5. The van der Waals surface area contributed by atoms with Crippen molar-refractivity contribution in [1.29, 1.82) is 0 Å². The molecule has 0 saturated heterocycles. The zero-order valence-corrected chi connectivity index (χ0v) is 13.5. The lowest BCUT2D eigenvalue weighted by Gasteiger charge is -2.09. The van der Waals surface area contributed by atoms with Crippen LogP contribution in [-0.2, 0) is 6.42 Å². The largest absolute Gasteiger partial charge is 0.294 e. The van der Waals surface area contributed by atoms with Gasteiger partial charge in [0.2, 0.25) is 0 Å².